The molecule has 0 aliphatic carbocycles. The molecule has 0 amide bonds. The molecule has 0 saturated carbocycles. The molecular weight excluding hydrogens is 320 g/mol. The molecule has 0 fully saturated rings. The molecular formula is C16H31ClN2O4. The van der Waals surface area contributed by atoms with Crippen molar-refractivity contribution in [2.75, 3.05) is 48.4 Å². The molecule has 23 heavy (non-hydrogen) atoms. The molecule has 0 radical (unpaired) electrons. The molecule has 0 aliphatic heterocycles. The normalized spacial score (nSPS) is 9.78. The Morgan fingerprint density at radius 2 is 1.61 bits per heavy atom. The summed E-state index contributed by atoms with van der Waals surface area (Å²) in [6, 6.07) is 0. The Labute approximate surface area is 145 Å². The molecule has 7 heteroatoms. The van der Waals surface area contributed by atoms with E-state index in [2.05, 4.69) is 13.2 Å². The second kappa shape index (κ2) is 14.2. The van der Waals surface area contributed by atoms with Crippen LogP contribution in [0, 0.1) is 0 Å². The lowest BCUT2D eigenvalue weighted by Gasteiger charge is -2.09. The fourth-order valence-corrected chi connectivity index (χ4v) is 0.588. The molecule has 0 atom stereocenters. The molecule has 0 unspecified atom stereocenters. The lowest BCUT2D eigenvalue weighted by molar-refractivity contribution is -0.747. The van der Waals surface area contributed by atoms with Crippen LogP contribution in [-0.2, 0) is 14.3 Å². The largest absolute Gasteiger partial charge is 0.545 e. The maximum atomic E-state index is 10.8. The number of quaternary nitrogens is 1. The summed E-state index contributed by atoms with van der Waals surface area (Å²) in [6.45, 7) is 11.2. The van der Waals surface area contributed by atoms with Gasteiger partial charge in [-0.1, -0.05) is 20.1 Å². The van der Waals surface area contributed by atoms with E-state index in [4.69, 9.17) is 16.5 Å². The van der Waals surface area contributed by atoms with Crippen molar-refractivity contribution in [2.24, 2.45) is 0 Å². The van der Waals surface area contributed by atoms with E-state index in [1.54, 1.807) is 13.8 Å². The predicted molar refractivity (Wildman–Crippen MR) is 92.7 cm³/mol. The number of carboxylic acids is 1. The molecule has 0 aromatic heterocycles. The SMILES string of the molecule is C=C(C)C(=O)OCCN(C)C.C=C(CC)C(=O)[O-].C[N+](C)(C)Cl. The van der Waals surface area contributed by atoms with Gasteiger partial charge in [0.05, 0.1) is 27.1 Å². The van der Waals surface area contributed by atoms with E-state index >= 15 is 0 Å². The minimum absolute atomic E-state index is 0.153. The van der Waals surface area contributed by atoms with Gasteiger partial charge in [0.15, 0.2) is 11.8 Å². The maximum Gasteiger partial charge on any atom is 0.333 e. The first kappa shape index (κ1) is 26.5. The third-order valence-electron chi connectivity index (χ3n) is 1.84. The van der Waals surface area contributed by atoms with Crippen LogP contribution in [0.1, 0.15) is 20.3 Å². The molecule has 6 nitrogen and oxygen atoms in total. The van der Waals surface area contributed by atoms with Crippen LogP contribution >= 0.6 is 11.8 Å². The molecule has 0 rings (SSSR count). The van der Waals surface area contributed by atoms with Crippen molar-refractivity contribution in [1.29, 1.82) is 0 Å². The zero-order valence-electron chi connectivity index (χ0n) is 15.4. The first-order valence-electron chi connectivity index (χ1n) is 7.09. The fourth-order valence-electron chi connectivity index (χ4n) is 0.588. The Balaban J connectivity index is -0.000000286. The lowest BCUT2D eigenvalue weighted by atomic mass is 10.2. The Morgan fingerprint density at radius 3 is 1.78 bits per heavy atom. The topological polar surface area (TPSA) is 69.7 Å². The molecule has 0 bridgehead atoms. The number of carboxylic acid groups (broad SMARTS) is 1. The molecule has 0 saturated heterocycles. The number of rotatable bonds is 6. The van der Waals surface area contributed by atoms with Gasteiger partial charge in [-0.25, -0.2) is 8.80 Å². The van der Waals surface area contributed by atoms with Gasteiger partial charge in [-0.15, -0.1) is 0 Å². The monoisotopic (exact) mass is 350 g/mol. The number of ether oxygens (including phenoxy) is 1. The van der Waals surface area contributed by atoms with Gasteiger partial charge in [-0.2, -0.15) is 0 Å². The van der Waals surface area contributed by atoms with Crippen LogP contribution in [0.4, 0.5) is 0 Å². The lowest BCUT2D eigenvalue weighted by Crippen LogP contribution is -2.23. The number of nitrogens with zero attached hydrogens (tertiary/aromatic N) is 2. The molecule has 0 spiro atoms. The van der Waals surface area contributed by atoms with Gasteiger partial charge in [0.2, 0.25) is 0 Å². The summed E-state index contributed by atoms with van der Waals surface area (Å²) in [5.41, 5.74) is 0.601. The summed E-state index contributed by atoms with van der Waals surface area (Å²) in [6.07, 6.45) is 0.461. The van der Waals surface area contributed by atoms with Crippen LogP contribution in [0.5, 0.6) is 0 Å². The smallest absolute Gasteiger partial charge is 0.333 e. The minimum atomic E-state index is -1.15. The van der Waals surface area contributed by atoms with Crippen molar-refractivity contribution in [1.82, 2.24) is 4.90 Å². The van der Waals surface area contributed by atoms with Gasteiger partial charge in [-0.3, -0.25) is 0 Å². The second-order valence-electron chi connectivity index (χ2n) is 5.81. The summed E-state index contributed by atoms with van der Waals surface area (Å²) < 4.78 is 5.31. The van der Waals surface area contributed by atoms with Gasteiger partial charge in [0.1, 0.15) is 6.61 Å². The second-order valence-corrected chi connectivity index (χ2v) is 6.83. The predicted octanol–water partition coefficient (Wildman–Crippen LogP) is 1.22. The van der Waals surface area contributed by atoms with E-state index in [-0.39, 0.29) is 11.5 Å². The van der Waals surface area contributed by atoms with Crippen LogP contribution in [0.25, 0.3) is 0 Å². The molecule has 0 aromatic rings. The maximum absolute atomic E-state index is 10.8. The quantitative estimate of drug-likeness (QED) is 0.409. The summed E-state index contributed by atoms with van der Waals surface area (Å²) >= 11 is 5.47. The highest BCUT2D eigenvalue weighted by atomic mass is 35.5. The molecule has 0 aliphatic rings. The number of esters is 1. The van der Waals surface area contributed by atoms with Crippen LogP contribution in [-0.4, -0.2) is 69.2 Å². The van der Waals surface area contributed by atoms with E-state index in [1.807, 2.05) is 40.1 Å². The summed E-state index contributed by atoms with van der Waals surface area (Å²) in [5.74, 6) is -1.46. The van der Waals surface area contributed by atoms with E-state index < -0.39 is 5.97 Å². The highest BCUT2D eigenvalue weighted by Gasteiger charge is 2.01. The van der Waals surface area contributed by atoms with E-state index in [0.717, 1.165) is 6.54 Å². The van der Waals surface area contributed by atoms with Crippen LogP contribution in [0.2, 0.25) is 0 Å². The number of hydrogen-bond donors (Lipinski definition) is 0. The van der Waals surface area contributed by atoms with Gasteiger partial charge in [-0.05, 0) is 33.0 Å². The van der Waals surface area contributed by atoms with Crippen molar-refractivity contribution in [3.63, 3.8) is 0 Å². The van der Waals surface area contributed by atoms with Crippen molar-refractivity contribution in [3.8, 4) is 0 Å². The average Bonchev–Trinajstić information content (AvgIpc) is 2.35. The van der Waals surface area contributed by atoms with Gasteiger partial charge >= 0.3 is 5.97 Å². The molecule has 0 heterocycles. The van der Waals surface area contributed by atoms with Crippen molar-refractivity contribution >= 4 is 23.7 Å². The van der Waals surface area contributed by atoms with Gasteiger partial charge in [0, 0.05) is 12.1 Å². The number of halogens is 1. The first-order chi connectivity index (χ1) is 10.2. The number of likely N-dealkylation sites (N-methyl/N-ethyl adjacent to an activating group) is 1. The zero-order valence-corrected chi connectivity index (χ0v) is 16.2. The van der Waals surface area contributed by atoms with Gasteiger partial charge < -0.3 is 19.5 Å². The fraction of sp³-hybridized carbons (Fsp3) is 0.625. The highest BCUT2D eigenvalue weighted by Crippen LogP contribution is 1.92. The number of aliphatic carboxylic acids is 1. The van der Waals surface area contributed by atoms with E-state index in [9.17, 15) is 14.7 Å². The Hall–Kier alpha value is -1.37. The molecule has 0 N–H and O–H groups in total. The summed E-state index contributed by atoms with van der Waals surface area (Å²) in [4.78, 5) is 22.5. The summed E-state index contributed by atoms with van der Waals surface area (Å²) in [5, 5.41) is 9.72. The first-order valence-corrected chi connectivity index (χ1v) is 7.43. The Morgan fingerprint density at radius 1 is 1.22 bits per heavy atom. The Bertz CT molecular complexity index is 382. The summed E-state index contributed by atoms with van der Waals surface area (Å²) in [7, 11) is 9.52. The molecule has 0 aromatic carbocycles. The van der Waals surface area contributed by atoms with Crippen LogP contribution in [0.15, 0.2) is 24.3 Å². The molecule has 136 valence electrons. The standard InChI is InChI=1S/C8H15NO2.C5H8O2.C3H9ClN/c1-7(2)8(10)11-6-5-9(3)4;1-3-4(2)5(6)7;1-5(2,3)4/h1,5-6H2,2-4H3;2-3H2,1H3,(H,6,7);1-3H3/q;;+1/p-1. The third kappa shape index (κ3) is 33.5. The van der Waals surface area contributed by atoms with E-state index in [1.165, 1.54) is 0 Å². The van der Waals surface area contributed by atoms with Gasteiger partial charge in [0.25, 0.3) is 0 Å². The Kier molecular flexibility index (Phi) is 16.4. The van der Waals surface area contributed by atoms with Crippen LogP contribution < -0.4 is 5.11 Å². The zero-order chi connectivity index (χ0) is 19.2. The van der Waals surface area contributed by atoms with Crippen molar-refractivity contribution in [3.05, 3.63) is 24.3 Å². The number of hydrogen-bond acceptors (Lipinski definition) is 5. The van der Waals surface area contributed by atoms with Crippen LogP contribution in [0.3, 0.4) is 0 Å². The third-order valence-corrected chi connectivity index (χ3v) is 1.84. The van der Waals surface area contributed by atoms with Crippen molar-refractivity contribution < 1.29 is 23.4 Å². The average molecular weight is 351 g/mol. The minimum Gasteiger partial charge on any atom is -0.545 e. The highest BCUT2D eigenvalue weighted by molar-refractivity contribution is 6.06. The van der Waals surface area contributed by atoms with E-state index in [0.29, 0.717) is 22.6 Å². The van der Waals surface area contributed by atoms with Crippen molar-refractivity contribution in [2.45, 2.75) is 20.3 Å². The number of carbonyl (C=O) groups excluding carboxylic acids is 2. The number of carbonyl (C=O) groups is 2.